The Hall–Kier alpha value is -2.70. The van der Waals surface area contributed by atoms with Crippen molar-refractivity contribution in [3.63, 3.8) is 0 Å². The molecule has 1 amide bonds. The van der Waals surface area contributed by atoms with Gasteiger partial charge in [0.05, 0.1) is 25.4 Å². The van der Waals surface area contributed by atoms with Crippen LogP contribution in [0.3, 0.4) is 0 Å². The summed E-state index contributed by atoms with van der Waals surface area (Å²) in [5.74, 6) is 0.874. The van der Waals surface area contributed by atoms with Gasteiger partial charge in [-0.1, -0.05) is 29.8 Å². The maximum Gasteiger partial charge on any atom is 0.257 e. The van der Waals surface area contributed by atoms with E-state index >= 15 is 0 Å². The summed E-state index contributed by atoms with van der Waals surface area (Å²) in [6, 6.07) is 14.3. The van der Waals surface area contributed by atoms with Gasteiger partial charge in [0.2, 0.25) is 0 Å². The molecule has 164 valence electrons. The first kappa shape index (κ1) is 21.5. The lowest BCUT2D eigenvalue weighted by atomic mass is 9.95. The lowest BCUT2D eigenvalue weighted by molar-refractivity contribution is -0.134. The first-order valence-corrected chi connectivity index (χ1v) is 11.0. The predicted octanol–water partition coefficient (Wildman–Crippen LogP) is 3.24. The van der Waals surface area contributed by atoms with Crippen LogP contribution in [0.2, 0.25) is 0 Å². The summed E-state index contributed by atoms with van der Waals surface area (Å²) < 4.78 is 5.31. The fourth-order valence-corrected chi connectivity index (χ4v) is 4.31. The van der Waals surface area contributed by atoms with Gasteiger partial charge in [-0.25, -0.2) is 5.01 Å². The van der Waals surface area contributed by atoms with Crippen LogP contribution in [0.5, 0.6) is 5.75 Å². The molecule has 1 saturated heterocycles. The third-order valence-corrected chi connectivity index (χ3v) is 6.33. The van der Waals surface area contributed by atoms with Gasteiger partial charge in [-0.2, -0.15) is 5.10 Å². The van der Waals surface area contributed by atoms with Gasteiger partial charge in [0.25, 0.3) is 5.91 Å². The number of ether oxygens (including phenoxy) is 1. The number of hydrogen-bond acceptors (Lipinski definition) is 5. The molecule has 4 rings (SSSR count). The number of benzene rings is 2. The van der Waals surface area contributed by atoms with Gasteiger partial charge in [0.15, 0.2) is 0 Å². The number of rotatable bonds is 5. The number of carbonyl (C=O) groups excluding carboxylic acids is 1. The molecule has 31 heavy (non-hydrogen) atoms. The van der Waals surface area contributed by atoms with Crippen molar-refractivity contribution in [2.75, 3.05) is 46.9 Å². The number of amides is 1. The average molecular weight is 421 g/mol. The molecule has 2 aliphatic rings. The highest BCUT2D eigenvalue weighted by atomic mass is 16.5. The molecule has 2 aromatic carbocycles. The highest BCUT2D eigenvalue weighted by Crippen LogP contribution is 2.34. The van der Waals surface area contributed by atoms with Crippen molar-refractivity contribution in [2.45, 2.75) is 26.3 Å². The maximum absolute atomic E-state index is 13.4. The van der Waals surface area contributed by atoms with Gasteiger partial charge < -0.3 is 9.64 Å². The van der Waals surface area contributed by atoms with Crippen molar-refractivity contribution >= 4 is 11.6 Å². The van der Waals surface area contributed by atoms with Crippen LogP contribution in [-0.2, 0) is 4.79 Å². The summed E-state index contributed by atoms with van der Waals surface area (Å²) in [5.41, 5.74) is 5.58. The largest absolute Gasteiger partial charge is 0.497 e. The topological polar surface area (TPSA) is 48.4 Å². The molecular weight excluding hydrogens is 388 g/mol. The Morgan fingerprint density at radius 3 is 2.45 bits per heavy atom. The van der Waals surface area contributed by atoms with Gasteiger partial charge in [-0.05, 0) is 50.2 Å². The highest BCUT2D eigenvalue weighted by molar-refractivity contribution is 6.04. The van der Waals surface area contributed by atoms with E-state index in [1.54, 1.807) is 12.1 Å². The minimum Gasteiger partial charge on any atom is -0.497 e. The predicted molar refractivity (Wildman–Crippen MR) is 124 cm³/mol. The van der Waals surface area contributed by atoms with Crippen LogP contribution in [0.4, 0.5) is 0 Å². The minimum atomic E-state index is -0.0965. The van der Waals surface area contributed by atoms with Crippen LogP contribution >= 0.6 is 0 Å². The third-order valence-electron chi connectivity index (χ3n) is 6.33. The van der Waals surface area contributed by atoms with Crippen molar-refractivity contribution in [3.8, 4) is 5.75 Å². The van der Waals surface area contributed by atoms with Gasteiger partial charge in [0.1, 0.15) is 5.75 Å². The van der Waals surface area contributed by atoms with Crippen LogP contribution < -0.4 is 4.74 Å². The maximum atomic E-state index is 13.4. The lowest BCUT2D eigenvalue weighted by Crippen LogP contribution is -2.48. The first-order valence-electron chi connectivity index (χ1n) is 11.0. The number of hydrazone groups is 1. The Morgan fingerprint density at radius 2 is 1.77 bits per heavy atom. The summed E-state index contributed by atoms with van der Waals surface area (Å²) in [6.45, 7) is 8.42. The van der Waals surface area contributed by atoms with E-state index in [1.165, 1.54) is 11.1 Å². The summed E-state index contributed by atoms with van der Waals surface area (Å²) in [4.78, 5) is 17.9. The number of methoxy groups -OCH3 is 1. The van der Waals surface area contributed by atoms with Crippen molar-refractivity contribution in [2.24, 2.45) is 5.10 Å². The minimum absolute atomic E-state index is 0.0608. The highest BCUT2D eigenvalue weighted by Gasteiger charge is 2.34. The number of likely N-dealkylation sites (N-methyl/N-ethyl adjacent to an activating group) is 1. The smallest absolute Gasteiger partial charge is 0.257 e. The Balaban J connectivity index is 1.61. The number of piperazine rings is 1. The summed E-state index contributed by atoms with van der Waals surface area (Å²) in [5, 5.41) is 6.59. The van der Waals surface area contributed by atoms with Crippen molar-refractivity contribution in [3.05, 3.63) is 64.7 Å². The van der Waals surface area contributed by atoms with E-state index in [1.807, 2.05) is 24.3 Å². The SMILES string of the molecule is COc1ccc([C@H]2CC(c3cc(C)ccc3C)=NN2C(=O)CN2CCN(C)CC2)cc1. The van der Waals surface area contributed by atoms with E-state index in [0.29, 0.717) is 13.0 Å². The van der Waals surface area contributed by atoms with E-state index in [-0.39, 0.29) is 11.9 Å². The van der Waals surface area contributed by atoms with Crippen LogP contribution in [0.15, 0.2) is 47.6 Å². The second-order valence-corrected chi connectivity index (χ2v) is 8.68. The summed E-state index contributed by atoms with van der Waals surface area (Å²) in [7, 11) is 3.79. The molecule has 1 atom stereocenters. The monoisotopic (exact) mass is 420 g/mol. The zero-order valence-electron chi connectivity index (χ0n) is 19.0. The second-order valence-electron chi connectivity index (χ2n) is 8.68. The molecule has 2 heterocycles. The number of nitrogens with zero attached hydrogens (tertiary/aromatic N) is 4. The molecule has 0 aliphatic carbocycles. The van der Waals surface area contributed by atoms with E-state index in [0.717, 1.165) is 48.8 Å². The van der Waals surface area contributed by atoms with Gasteiger partial charge >= 0.3 is 0 Å². The normalized spacial score (nSPS) is 20.1. The van der Waals surface area contributed by atoms with Crippen molar-refractivity contribution in [1.29, 1.82) is 0 Å². The molecule has 0 spiro atoms. The molecule has 0 unspecified atom stereocenters. The third kappa shape index (κ3) is 4.81. The zero-order valence-corrected chi connectivity index (χ0v) is 19.0. The van der Waals surface area contributed by atoms with Gasteiger partial charge in [-0.15, -0.1) is 0 Å². The number of hydrogen-bond donors (Lipinski definition) is 0. The van der Waals surface area contributed by atoms with Crippen LogP contribution in [0.25, 0.3) is 0 Å². The number of aryl methyl sites for hydroxylation is 2. The van der Waals surface area contributed by atoms with Crippen LogP contribution in [0, 0.1) is 13.8 Å². The Morgan fingerprint density at radius 1 is 1.06 bits per heavy atom. The molecule has 0 aromatic heterocycles. The Bertz CT molecular complexity index is 962. The fraction of sp³-hybridized carbons (Fsp3) is 0.440. The van der Waals surface area contributed by atoms with Gasteiger partial charge in [-0.3, -0.25) is 9.69 Å². The van der Waals surface area contributed by atoms with E-state index < -0.39 is 0 Å². The summed E-state index contributed by atoms with van der Waals surface area (Å²) in [6.07, 6.45) is 0.713. The quantitative estimate of drug-likeness (QED) is 0.745. The fourth-order valence-electron chi connectivity index (χ4n) is 4.31. The van der Waals surface area contributed by atoms with E-state index in [2.05, 4.69) is 48.9 Å². The Kier molecular flexibility index (Phi) is 6.39. The lowest BCUT2D eigenvalue weighted by Gasteiger charge is -2.33. The van der Waals surface area contributed by atoms with Crippen molar-refractivity contribution in [1.82, 2.24) is 14.8 Å². The summed E-state index contributed by atoms with van der Waals surface area (Å²) >= 11 is 0. The zero-order chi connectivity index (χ0) is 22.0. The molecule has 6 heteroatoms. The Labute approximate surface area is 185 Å². The van der Waals surface area contributed by atoms with Crippen molar-refractivity contribution < 1.29 is 9.53 Å². The molecule has 0 bridgehead atoms. The van der Waals surface area contributed by atoms with Crippen LogP contribution in [0.1, 0.15) is 34.7 Å². The molecule has 0 N–H and O–H groups in total. The molecule has 0 saturated carbocycles. The molecule has 1 fully saturated rings. The first-order chi connectivity index (χ1) is 14.9. The second kappa shape index (κ2) is 9.20. The molecule has 0 radical (unpaired) electrons. The molecular formula is C25H32N4O2. The van der Waals surface area contributed by atoms with E-state index in [4.69, 9.17) is 9.84 Å². The van der Waals surface area contributed by atoms with Gasteiger partial charge in [0, 0.05) is 38.2 Å². The van der Waals surface area contributed by atoms with E-state index in [9.17, 15) is 4.79 Å². The van der Waals surface area contributed by atoms with Crippen LogP contribution in [-0.4, -0.2) is 73.3 Å². The standard InChI is InChI=1S/C25H32N4O2/c1-18-5-6-19(2)22(15-18)23-16-24(20-7-9-21(31-4)10-8-20)29(26-23)25(30)17-28-13-11-27(3)12-14-28/h5-10,15,24H,11-14,16-17H2,1-4H3/t24-/m1/s1. The average Bonchev–Trinajstić information content (AvgIpc) is 3.22. The number of carbonyl (C=O) groups is 1. The molecule has 2 aliphatic heterocycles. The molecule has 6 nitrogen and oxygen atoms in total. The molecule has 2 aromatic rings.